The third-order valence-corrected chi connectivity index (χ3v) is 3.87. The lowest BCUT2D eigenvalue weighted by molar-refractivity contribution is -0.141. The van der Waals surface area contributed by atoms with Gasteiger partial charge in [-0.05, 0) is 57.2 Å². The molecule has 1 heterocycles. The average Bonchev–Trinajstić information content (AvgIpc) is 2.56. The summed E-state index contributed by atoms with van der Waals surface area (Å²) in [6.07, 6.45) is -4.53. The first-order chi connectivity index (χ1) is 11.8. The fraction of sp³-hybridized carbons (Fsp3) is 0.333. The quantitative estimate of drug-likeness (QED) is 0.862. The molecule has 7 heteroatoms. The average molecular weight is 351 g/mol. The van der Waals surface area contributed by atoms with Crippen molar-refractivity contribution in [2.45, 2.75) is 26.9 Å². The van der Waals surface area contributed by atoms with Gasteiger partial charge in [-0.15, -0.1) is 0 Å². The molecule has 4 nitrogen and oxygen atoms in total. The number of rotatable bonds is 5. The summed E-state index contributed by atoms with van der Waals surface area (Å²) in [5, 5.41) is 2.68. The molecule has 1 aromatic carbocycles. The zero-order valence-corrected chi connectivity index (χ0v) is 14.3. The summed E-state index contributed by atoms with van der Waals surface area (Å²) in [7, 11) is 0. The second-order valence-corrected chi connectivity index (χ2v) is 5.50. The van der Waals surface area contributed by atoms with E-state index in [9.17, 15) is 18.0 Å². The van der Waals surface area contributed by atoms with Crippen LogP contribution in [0.1, 0.15) is 35.6 Å². The van der Waals surface area contributed by atoms with Crippen LogP contribution in [-0.2, 0) is 6.18 Å². The largest absolute Gasteiger partial charge is 0.433 e. The molecular formula is C18H20F3N3O. The lowest BCUT2D eigenvalue weighted by Crippen LogP contribution is -2.21. The van der Waals surface area contributed by atoms with E-state index in [1.807, 2.05) is 12.1 Å². The molecule has 2 aromatic rings. The summed E-state index contributed by atoms with van der Waals surface area (Å²) in [6, 6.07) is 9.26. The number of aromatic nitrogens is 1. The van der Waals surface area contributed by atoms with Gasteiger partial charge >= 0.3 is 6.18 Å². The fourth-order valence-corrected chi connectivity index (χ4v) is 2.50. The highest BCUT2D eigenvalue weighted by molar-refractivity contribution is 6.05. The molecule has 0 aliphatic rings. The fourth-order valence-electron chi connectivity index (χ4n) is 2.50. The van der Waals surface area contributed by atoms with Gasteiger partial charge in [-0.3, -0.25) is 4.79 Å². The Kier molecular flexibility index (Phi) is 5.66. The highest BCUT2D eigenvalue weighted by Gasteiger charge is 2.33. The van der Waals surface area contributed by atoms with E-state index in [-0.39, 0.29) is 11.3 Å². The Hall–Kier alpha value is -2.57. The van der Waals surface area contributed by atoms with Crippen molar-refractivity contribution in [1.82, 2.24) is 4.98 Å². The van der Waals surface area contributed by atoms with Crippen LogP contribution in [-0.4, -0.2) is 24.0 Å². The predicted octanol–water partition coefficient (Wildman–Crippen LogP) is 4.51. The molecule has 2 rings (SSSR count). The Balaban J connectivity index is 2.14. The van der Waals surface area contributed by atoms with E-state index < -0.39 is 17.8 Å². The summed E-state index contributed by atoms with van der Waals surface area (Å²) < 4.78 is 37.9. The number of pyridine rings is 1. The highest BCUT2D eigenvalue weighted by atomic mass is 19.4. The summed E-state index contributed by atoms with van der Waals surface area (Å²) in [6.45, 7) is 7.24. The van der Waals surface area contributed by atoms with Crippen LogP contribution in [0.5, 0.6) is 0 Å². The molecule has 0 saturated heterocycles. The Morgan fingerprint density at radius 3 is 2.16 bits per heavy atom. The summed E-state index contributed by atoms with van der Waals surface area (Å²) in [5.41, 5.74) is 0.744. The third-order valence-electron chi connectivity index (χ3n) is 3.87. The maximum atomic E-state index is 12.6. The van der Waals surface area contributed by atoms with Gasteiger partial charge in [-0.2, -0.15) is 13.2 Å². The summed E-state index contributed by atoms with van der Waals surface area (Å²) in [5.74, 6) is -0.491. The Morgan fingerprint density at radius 2 is 1.68 bits per heavy atom. The molecule has 134 valence electrons. The molecule has 1 aromatic heterocycles. The molecule has 0 radical (unpaired) electrons. The molecule has 0 saturated carbocycles. The molecule has 0 bridgehead atoms. The van der Waals surface area contributed by atoms with Crippen molar-refractivity contribution in [1.29, 1.82) is 0 Å². The smallest absolute Gasteiger partial charge is 0.372 e. The maximum Gasteiger partial charge on any atom is 0.433 e. The number of benzene rings is 1. The number of carbonyl (C=O) groups is 1. The number of aryl methyl sites for hydroxylation is 1. The van der Waals surface area contributed by atoms with E-state index in [0.717, 1.165) is 30.9 Å². The van der Waals surface area contributed by atoms with E-state index in [0.29, 0.717) is 5.69 Å². The molecule has 0 atom stereocenters. The van der Waals surface area contributed by atoms with Gasteiger partial charge in [0.2, 0.25) is 0 Å². The molecule has 0 fully saturated rings. The number of halogens is 3. The van der Waals surface area contributed by atoms with Gasteiger partial charge in [0.15, 0.2) is 0 Å². The van der Waals surface area contributed by atoms with Crippen molar-refractivity contribution < 1.29 is 18.0 Å². The Labute approximate surface area is 144 Å². The second-order valence-electron chi connectivity index (χ2n) is 5.50. The third kappa shape index (κ3) is 4.49. The van der Waals surface area contributed by atoms with Crippen molar-refractivity contribution >= 4 is 17.3 Å². The zero-order valence-electron chi connectivity index (χ0n) is 14.3. The standard InChI is InChI=1S/C18H20F3N3O/c1-4-24(5-2)14-8-6-13(7-9-14)23-17(25)15-10-11-16(18(19,20)21)22-12(15)3/h6-11H,4-5H2,1-3H3,(H,23,25). The molecule has 1 amide bonds. The molecule has 0 aliphatic carbocycles. The first-order valence-electron chi connectivity index (χ1n) is 7.97. The number of hydrogen-bond donors (Lipinski definition) is 1. The minimum Gasteiger partial charge on any atom is -0.372 e. The zero-order chi connectivity index (χ0) is 18.6. The van der Waals surface area contributed by atoms with Crippen molar-refractivity contribution in [3.8, 4) is 0 Å². The number of alkyl halides is 3. The van der Waals surface area contributed by atoms with Crippen LogP contribution in [0.25, 0.3) is 0 Å². The predicted molar refractivity (Wildman–Crippen MR) is 91.9 cm³/mol. The van der Waals surface area contributed by atoms with Crippen LogP contribution in [0.3, 0.4) is 0 Å². The van der Waals surface area contributed by atoms with Crippen LogP contribution in [0.2, 0.25) is 0 Å². The first kappa shape index (κ1) is 18.8. The Morgan fingerprint density at radius 1 is 1.08 bits per heavy atom. The Bertz CT molecular complexity index is 738. The van der Waals surface area contributed by atoms with E-state index in [2.05, 4.69) is 29.0 Å². The summed E-state index contributed by atoms with van der Waals surface area (Å²) in [4.78, 5) is 17.9. The molecule has 0 spiro atoms. The van der Waals surface area contributed by atoms with Crippen LogP contribution in [0.15, 0.2) is 36.4 Å². The van der Waals surface area contributed by atoms with Crippen LogP contribution < -0.4 is 10.2 Å². The van der Waals surface area contributed by atoms with E-state index in [1.54, 1.807) is 12.1 Å². The van der Waals surface area contributed by atoms with Crippen LogP contribution in [0.4, 0.5) is 24.5 Å². The number of nitrogens with one attached hydrogen (secondary N) is 1. The van der Waals surface area contributed by atoms with Gasteiger partial charge in [0.05, 0.1) is 11.3 Å². The summed E-state index contributed by atoms with van der Waals surface area (Å²) >= 11 is 0. The van der Waals surface area contributed by atoms with Crippen molar-refractivity contribution in [2.24, 2.45) is 0 Å². The topological polar surface area (TPSA) is 45.2 Å². The molecule has 0 unspecified atom stereocenters. The lowest BCUT2D eigenvalue weighted by atomic mass is 10.1. The number of anilines is 2. The molecular weight excluding hydrogens is 331 g/mol. The van der Waals surface area contributed by atoms with Crippen molar-refractivity contribution in [3.63, 3.8) is 0 Å². The minimum absolute atomic E-state index is 0.0343. The lowest BCUT2D eigenvalue weighted by Gasteiger charge is -2.21. The molecule has 25 heavy (non-hydrogen) atoms. The number of hydrogen-bond acceptors (Lipinski definition) is 3. The first-order valence-corrected chi connectivity index (χ1v) is 7.97. The van der Waals surface area contributed by atoms with Gasteiger partial charge < -0.3 is 10.2 Å². The van der Waals surface area contributed by atoms with Gasteiger partial charge in [-0.1, -0.05) is 0 Å². The van der Waals surface area contributed by atoms with Crippen LogP contribution in [0, 0.1) is 6.92 Å². The van der Waals surface area contributed by atoms with Crippen molar-refractivity contribution in [3.05, 3.63) is 53.3 Å². The SMILES string of the molecule is CCN(CC)c1ccc(NC(=O)c2ccc(C(F)(F)F)nc2C)cc1. The van der Waals surface area contributed by atoms with Gasteiger partial charge in [-0.25, -0.2) is 4.98 Å². The minimum atomic E-state index is -4.53. The monoisotopic (exact) mass is 351 g/mol. The number of amides is 1. The number of carbonyl (C=O) groups excluding carboxylic acids is 1. The van der Waals surface area contributed by atoms with E-state index in [1.165, 1.54) is 6.92 Å². The molecule has 1 N–H and O–H groups in total. The van der Waals surface area contributed by atoms with Gasteiger partial charge in [0.25, 0.3) is 5.91 Å². The van der Waals surface area contributed by atoms with Crippen LogP contribution >= 0.6 is 0 Å². The molecule has 0 aliphatic heterocycles. The van der Waals surface area contributed by atoms with Gasteiger partial charge in [0.1, 0.15) is 5.69 Å². The number of nitrogens with zero attached hydrogens (tertiary/aromatic N) is 2. The van der Waals surface area contributed by atoms with E-state index in [4.69, 9.17) is 0 Å². The highest BCUT2D eigenvalue weighted by Crippen LogP contribution is 2.28. The van der Waals surface area contributed by atoms with E-state index >= 15 is 0 Å². The van der Waals surface area contributed by atoms with Crippen molar-refractivity contribution in [2.75, 3.05) is 23.3 Å². The normalized spacial score (nSPS) is 11.3. The van der Waals surface area contributed by atoms with Gasteiger partial charge in [0, 0.05) is 24.5 Å². The maximum absolute atomic E-state index is 12.6. The second kappa shape index (κ2) is 7.55.